The molecule has 3 aromatic heterocycles. The summed E-state index contributed by atoms with van der Waals surface area (Å²) in [6.45, 7) is 2.04. The third-order valence-electron chi connectivity index (χ3n) is 7.63. The van der Waals surface area contributed by atoms with Gasteiger partial charge in [0.15, 0.2) is 5.13 Å². The standard InChI is InChI=1S/C28H36N6O2S/c1-18-14-15-29-26(16-18)33-25-5-3-4-23(32-25)24-17-30-28(37-24)34(2)21-10-6-19(7-11-21)27(36)31-20-8-12-22(35)13-9-20/h3-5,14-17,19-22,35H,6-13H2,1-2H3,(H,31,36)(H,29,32,33)/t19?,20-,21?,22-. The molecule has 9 heteroatoms. The van der Waals surface area contributed by atoms with Crippen molar-refractivity contribution in [3.63, 3.8) is 0 Å². The molecule has 0 saturated heterocycles. The summed E-state index contributed by atoms with van der Waals surface area (Å²) in [4.78, 5) is 29.9. The number of aromatic nitrogens is 3. The number of aliphatic hydroxyl groups excluding tert-OH is 1. The predicted molar refractivity (Wildman–Crippen MR) is 148 cm³/mol. The fourth-order valence-electron chi connectivity index (χ4n) is 5.34. The molecule has 3 heterocycles. The Kier molecular flexibility index (Phi) is 8.00. The highest BCUT2D eigenvalue weighted by molar-refractivity contribution is 7.18. The van der Waals surface area contributed by atoms with E-state index in [1.54, 1.807) is 17.5 Å². The molecule has 2 saturated carbocycles. The summed E-state index contributed by atoms with van der Waals surface area (Å²) in [5, 5.41) is 17.2. The van der Waals surface area contributed by atoms with E-state index in [-0.39, 0.29) is 24.0 Å². The van der Waals surface area contributed by atoms with Gasteiger partial charge in [-0.3, -0.25) is 4.79 Å². The number of carbonyl (C=O) groups excluding carboxylic acids is 1. The molecule has 3 N–H and O–H groups in total. The fourth-order valence-corrected chi connectivity index (χ4v) is 6.26. The number of rotatable bonds is 7. The molecular weight excluding hydrogens is 484 g/mol. The smallest absolute Gasteiger partial charge is 0.223 e. The second-order valence-corrected chi connectivity index (χ2v) is 11.4. The van der Waals surface area contributed by atoms with Gasteiger partial charge in [0, 0.05) is 37.4 Å². The maximum absolute atomic E-state index is 12.8. The molecular formula is C28H36N6O2S. The van der Waals surface area contributed by atoms with Crippen molar-refractivity contribution < 1.29 is 9.90 Å². The Hall–Kier alpha value is -3.04. The van der Waals surface area contributed by atoms with E-state index in [0.29, 0.717) is 6.04 Å². The zero-order chi connectivity index (χ0) is 25.8. The Morgan fingerprint density at radius 2 is 1.81 bits per heavy atom. The number of nitrogens with one attached hydrogen (secondary N) is 2. The molecule has 5 rings (SSSR count). The third-order valence-corrected chi connectivity index (χ3v) is 8.74. The van der Waals surface area contributed by atoms with Crippen LogP contribution in [0.25, 0.3) is 10.6 Å². The largest absolute Gasteiger partial charge is 0.393 e. The molecule has 37 heavy (non-hydrogen) atoms. The lowest BCUT2D eigenvalue weighted by atomic mass is 9.84. The van der Waals surface area contributed by atoms with Crippen LogP contribution < -0.4 is 15.5 Å². The first-order valence-corrected chi connectivity index (χ1v) is 14.1. The number of anilines is 3. The highest BCUT2D eigenvalue weighted by atomic mass is 32.1. The zero-order valence-electron chi connectivity index (χ0n) is 21.6. The molecule has 0 aromatic carbocycles. The van der Waals surface area contributed by atoms with E-state index < -0.39 is 0 Å². The molecule has 0 aliphatic heterocycles. The maximum Gasteiger partial charge on any atom is 0.223 e. The molecule has 0 radical (unpaired) electrons. The molecule has 2 fully saturated rings. The van der Waals surface area contributed by atoms with Crippen molar-refractivity contribution in [3.05, 3.63) is 48.3 Å². The SMILES string of the molecule is Cc1ccnc(Nc2cccc(-c3cnc(N(C)C4CCC(C(=O)N[C@H]5CC[C@H](O)CC5)CC4)s3)n2)c1. The number of carbonyl (C=O) groups is 1. The first kappa shape index (κ1) is 25.6. The number of aryl methyl sites for hydroxylation is 1. The van der Waals surface area contributed by atoms with Gasteiger partial charge in [-0.15, -0.1) is 0 Å². The van der Waals surface area contributed by atoms with Crippen molar-refractivity contribution in [3.8, 4) is 10.6 Å². The highest BCUT2D eigenvalue weighted by Crippen LogP contribution is 2.35. The van der Waals surface area contributed by atoms with Crippen molar-refractivity contribution in [1.29, 1.82) is 0 Å². The molecule has 8 nitrogen and oxygen atoms in total. The molecule has 2 aliphatic carbocycles. The van der Waals surface area contributed by atoms with Gasteiger partial charge in [-0.25, -0.2) is 15.0 Å². The normalized spacial score (nSPS) is 23.9. The second-order valence-electron chi connectivity index (χ2n) is 10.4. The monoisotopic (exact) mass is 520 g/mol. The summed E-state index contributed by atoms with van der Waals surface area (Å²) in [6.07, 6.45) is 10.6. The van der Waals surface area contributed by atoms with Crippen LogP contribution in [0.1, 0.15) is 56.9 Å². The van der Waals surface area contributed by atoms with Gasteiger partial charge in [0.2, 0.25) is 5.91 Å². The van der Waals surface area contributed by atoms with Crippen LogP contribution in [0, 0.1) is 12.8 Å². The number of hydrogen-bond acceptors (Lipinski definition) is 8. The molecule has 0 spiro atoms. The summed E-state index contributed by atoms with van der Waals surface area (Å²) in [5.74, 6) is 1.81. The lowest BCUT2D eigenvalue weighted by molar-refractivity contribution is -0.127. The minimum absolute atomic E-state index is 0.0886. The molecule has 3 aromatic rings. The number of hydrogen-bond donors (Lipinski definition) is 3. The van der Waals surface area contributed by atoms with Crippen LogP contribution in [-0.2, 0) is 4.79 Å². The van der Waals surface area contributed by atoms with Gasteiger partial charge >= 0.3 is 0 Å². The quantitative estimate of drug-likeness (QED) is 0.400. The zero-order valence-corrected chi connectivity index (χ0v) is 22.4. The minimum atomic E-state index is -0.196. The lowest BCUT2D eigenvalue weighted by Gasteiger charge is -2.35. The van der Waals surface area contributed by atoms with Crippen LogP contribution >= 0.6 is 11.3 Å². The summed E-state index contributed by atoms with van der Waals surface area (Å²) in [5.41, 5.74) is 2.02. The van der Waals surface area contributed by atoms with Crippen molar-refractivity contribution in [1.82, 2.24) is 20.3 Å². The van der Waals surface area contributed by atoms with E-state index >= 15 is 0 Å². The van der Waals surface area contributed by atoms with Crippen molar-refractivity contribution in [2.24, 2.45) is 5.92 Å². The molecule has 2 aliphatic rings. The van der Waals surface area contributed by atoms with E-state index in [2.05, 4.69) is 27.6 Å². The number of aliphatic hydroxyl groups is 1. The van der Waals surface area contributed by atoms with Gasteiger partial charge in [0.05, 0.1) is 16.7 Å². The summed E-state index contributed by atoms with van der Waals surface area (Å²) in [6, 6.07) is 10.5. The first-order chi connectivity index (χ1) is 17.9. The molecule has 0 unspecified atom stereocenters. The molecule has 1 amide bonds. The topological polar surface area (TPSA) is 103 Å². The van der Waals surface area contributed by atoms with Crippen molar-refractivity contribution in [2.75, 3.05) is 17.3 Å². The third kappa shape index (κ3) is 6.45. The van der Waals surface area contributed by atoms with Crippen molar-refractivity contribution >= 4 is 34.0 Å². The Morgan fingerprint density at radius 3 is 2.57 bits per heavy atom. The Labute approximate surface area is 222 Å². The summed E-state index contributed by atoms with van der Waals surface area (Å²) >= 11 is 1.64. The van der Waals surface area contributed by atoms with Gasteiger partial charge in [-0.2, -0.15) is 0 Å². The van der Waals surface area contributed by atoms with Crippen LogP contribution in [-0.4, -0.2) is 51.2 Å². The van der Waals surface area contributed by atoms with E-state index in [1.165, 1.54) is 0 Å². The summed E-state index contributed by atoms with van der Waals surface area (Å²) < 4.78 is 0. The minimum Gasteiger partial charge on any atom is -0.393 e. The van der Waals surface area contributed by atoms with E-state index in [1.807, 2.05) is 43.5 Å². The predicted octanol–water partition coefficient (Wildman–Crippen LogP) is 5.07. The average molecular weight is 521 g/mol. The highest BCUT2D eigenvalue weighted by Gasteiger charge is 2.31. The van der Waals surface area contributed by atoms with Crippen LogP contribution in [0.2, 0.25) is 0 Å². The first-order valence-electron chi connectivity index (χ1n) is 13.3. The van der Waals surface area contributed by atoms with E-state index in [4.69, 9.17) is 9.97 Å². The van der Waals surface area contributed by atoms with Gasteiger partial charge in [0.25, 0.3) is 0 Å². The van der Waals surface area contributed by atoms with Crippen LogP contribution in [0.5, 0.6) is 0 Å². The number of pyridine rings is 2. The summed E-state index contributed by atoms with van der Waals surface area (Å²) in [7, 11) is 2.11. The van der Waals surface area contributed by atoms with Crippen LogP contribution in [0.4, 0.5) is 16.8 Å². The molecule has 0 bridgehead atoms. The van der Waals surface area contributed by atoms with Crippen LogP contribution in [0.15, 0.2) is 42.7 Å². The Morgan fingerprint density at radius 1 is 1.03 bits per heavy atom. The second kappa shape index (κ2) is 11.6. The van der Waals surface area contributed by atoms with Crippen LogP contribution in [0.3, 0.4) is 0 Å². The van der Waals surface area contributed by atoms with Gasteiger partial charge in [-0.05, 0) is 88.1 Å². The van der Waals surface area contributed by atoms with Crippen molar-refractivity contribution in [2.45, 2.75) is 76.5 Å². The Bertz CT molecular complexity index is 1200. The fraction of sp³-hybridized carbons (Fsp3) is 0.500. The maximum atomic E-state index is 12.8. The van der Waals surface area contributed by atoms with E-state index in [0.717, 1.165) is 84.3 Å². The van der Waals surface area contributed by atoms with Gasteiger partial charge in [0.1, 0.15) is 11.6 Å². The van der Waals surface area contributed by atoms with Gasteiger partial charge in [-0.1, -0.05) is 17.4 Å². The lowest BCUT2D eigenvalue weighted by Crippen LogP contribution is -2.44. The van der Waals surface area contributed by atoms with E-state index in [9.17, 15) is 9.90 Å². The number of thiazole rings is 1. The number of amides is 1. The molecule has 196 valence electrons. The Balaban J connectivity index is 1.16. The molecule has 0 atom stereocenters. The average Bonchev–Trinajstić information content (AvgIpc) is 3.40. The number of nitrogens with zero attached hydrogens (tertiary/aromatic N) is 4. The van der Waals surface area contributed by atoms with Gasteiger partial charge < -0.3 is 20.6 Å².